The average molecular weight is 231 g/mol. The van der Waals surface area contributed by atoms with Crippen LogP contribution in [-0.4, -0.2) is 37.1 Å². The first-order valence-corrected chi connectivity index (χ1v) is 6.52. The Morgan fingerprint density at radius 2 is 2.33 bits per heavy atom. The molecule has 0 spiro atoms. The summed E-state index contributed by atoms with van der Waals surface area (Å²) in [5.41, 5.74) is 1.63. The fourth-order valence-corrected chi connectivity index (χ4v) is 2.23. The van der Waals surface area contributed by atoms with E-state index in [1.165, 1.54) is 32.2 Å². The molecule has 1 aliphatic rings. The Balaban J connectivity index is 2.28. The number of piperidine rings is 1. The maximum atomic E-state index is 5.57. The van der Waals surface area contributed by atoms with Crippen molar-refractivity contribution in [1.29, 1.82) is 0 Å². The van der Waals surface area contributed by atoms with Crippen molar-refractivity contribution in [3.8, 4) is 0 Å². The zero-order valence-electron chi connectivity index (χ0n) is 9.71. The Kier molecular flexibility index (Phi) is 7.07. The highest BCUT2D eigenvalue weighted by Crippen LogP contribution is 2.16. The second kappa shape index (κ2) is 8.14. The second-order valence-electron chi connectivity index (χ2n) is 4.21. The Morgan fingerprint density at radius 1 is 1.47 bits per heavy atom. The van der Waals surface area contributed by atoms with Gasteiger partial charge in [-0.3, -0.25) is 4.90 Å². The van der Waals surface area contributed by atoms with Crippen molar-refractivity contribution in [2.45, 2.75) is 38.6 Å². The SMILES string of the molecule is CCCNCC1CCCCN1CC=CCl. The predicted octanol–water partition coefficient (Wildman–Crippen LogP) is 2.59. The third kappa shape index (κ3) is 5.01. The first-order chi connectivity index (χ1) is 7.38. The lowest BCUT2D eigenvalue weighted by Gasteiger charge is -2.35. The van der Waals surface area contributed by atoms with Gasteiger partial charge in [0.15, 0.2) is 0 Å². The van der Waals surface area contributed by atoms with Gasteiger partial charge < -0.3 is 5.32 Å². The Hall–Kier alpha value is -0.0500. The molecule has 0 radical (unpaired) electrons. The number of nitrogens with zero attached hydrogens (tertiary/aromatic N) is 1. The van der Waals surface area contributed by atoms with E-state index in [1.807, 2.05) is 6.08 Å². The molecule has 1 unspecified atom stereocenters. The van der Waals surface area contributed by atoms with E-state index in [-0.39, 0.29) is 0 Å². The smallest absolute Gasteiger partial charge is 0.0223 e. The fraction of sp³-hybridized carbons (Fsp3) is 0.833. The van der Waals surface area contributed by atoms with E-state index < -0.39 is 0 Å². The van der Waals surface area contributed by atoms with Gasteiger partial charge in [0.1, 0.15) is 0 Å². The summed E-state index contributed by atoms with van der Waals surface area (Å²) in [6.45, 7) is 6.70. The Morgan fingerprint density at radius 3 is 3.07 bits per heavy atom. The summed E-state index contributed by atoms with van der Waals surface area (Å²) in [5.74, 6) is 0. The molecule has 3 heteroatoms. The molecule has 1 fully saturated rings. The van der Waals surface area contributed by atoms with Crippen molar-refractivity contribution >= 4 is 11.6 Å². The number of hydrogen-bond donors (Lipinski definition) is 1. The highest BCUT2D eigenvalue weighted by molar-refractivity contribution is 6.25. The van der Waals surface area contributed by atoms with Crippen LogP contribution in [0.4, 0.5) is 0 Å². The van der Waals surface area contributed by atoms with Gasteiger partial charge in [0.2, 0.25) is 0 Å². The quantitative estimate of drug-likeness (QED) is 0.706. The zero-order chi connectivity index (χ0) is 10.9. The van der Waals surface area contributed by atoms with Gasteiger partial charge >= 0.3 is 0 Å². The molecular weight excluding hydrogens is 208 g/mol. The van der Waals surface area contributed by atoms with Gasteiger partial charge in [-0.1, -0.05) is 31.0 Å². The van der Waals surface area contributed by atoms with Crippen LogP contribution in [0.25, 0.3) is 0 Å². The van der Waals surface area contributed by atoms with E-state index in [1.54, 1.807) is 5.54 Å². The Bertz CT molecular complexity index is 182. The monoisotopic (exact) mass is 230 g/mol. The van der Waals surface area contributed by atoms with Gasteiger partial charge in [0, 0.05) is 24.7 Å². The normalized spacial score (nSPS) is 23.7. The molecular formula is C12H23ClN2. The molecule has 1 saturated heterocycles. The van der Waals surface area contributed by atoms with Crippen LogP contribution >= 0.6 is 11.6 Å². The molecule has 0 bridgehead atoms. The van der Waals surface area contributed by atoms with E-state index in [9.17, 15) is 0 Å². The van der Waals surface area contributed by atoms with Crippen LogP contribution < -0.4 is 5.32 Å². The molecule has 1 rings (SSSR count). The molecule has 88 valence electrons. The van der Waals surface area contributed by atoms with Crippen molar-refractivity contribution in [3.63, 3.8) is 0 Å². The zero-order valence-corrected chi connectivity index (χ0v) is 10.5. The first kappa shape index (κ1) is 13.0. The molecule has 1 N–H and O–H groups in total. The lowest BCUT2D eigenvalue weighted by atomic mass is 10.0. The summed E-state index contributed by atoms with van der Waals surface area (Å²) < 4.78 is 0. The minimum absolute atomic E-state index is 0.707. The molecule has 1 heterocycles. The van der Waals surface area contributed by atoms with Crippen molar-refractivity contribution in [2.24, 2.45) is 0 Å². The van der Waals surface area contributed by atoms with E-state index in [0.717, 1.165) is 19.6 Å². The predicted molar refractivity (Wildman–Crippen MR) is 67.4 cm³/mol. The number of hydrogen-bond acceptors (Lipinski definition) is 2. The molecule has 0 aromatic rings. The van der Waals surface area contributed by atoms with Crippen molar-refractivity contribution in [1.82, 2.24) is 10.2 Å². The maximum Gasteiger partial charge on any atom is 0.0223 e. The van der Waals surface area contributed by atoms with Crippen LogP contribution in [0.15, 0.2) is 11.6 Å². The minimum Gasteiger partial charge on any atom is -0.315 e. The van der Waals surface area contributed by atoms with Gasteiger partial charge in [-0.25, -0.2) is 0 Å². The van der Waals surface area contributed by atoms with Gasteiger partial charge in [0.25, 0.3) is 0 Å². The first-order valence-electron chi connectivity index (χ1n) is 6.08. The van der Waals surface area contributed by atoms with Gasteiger partial charge in [-0.15, -0.1) is 0 Å². The number of rotatable bonds is 6. The molecule has 1 aliphatic heterocycles. The summed E-state index contributed by atoms with van der Waals surface area (Å²) in [6, 6.07) is 0.707. The summed E-state index contributed by atoms with van der Waals surface area (Å²) in [4.78, 5) is 2.53. The number of halogens is 1. The molecule has 0 saturated carbocycles. The van der Waals surface area contributed by atoms with E-state index in [4.69, 9.17) is 11.6 Å². The lowest BCUT2D eigenvalue weighted by molar-refractivity contribution is 0.162. The van der Waals surface area contributed by atoms with E-state index >= 15 is 0 Å². The Labute approximate surface area is 98.7 Å². The lowest BCUT2D eigenvalue weighted by Crippen LogP contribution is -2.45. The van der Waals surface area contributed by atoms with E-state index in [0.29, 0.717) is 6.04 Å². The minimum atomic E-state index is 0.707. The van der Waals surface area contributed by atoms with Crippen LogP contribution in [0.3, 0.4) is 0 Å². The van der Waals surface area contributed by atoms with Crippen LogP contribution in [0, 0.1) is 0 Å². The maximum absolute atomic E-state index is 5.57. The third-order valence-corrected chi connectivity index (χ3v) is 3.16. The molecule has 1 atom stereocenters. The third-order valence-electron chi connectivity index (χ3n) is 2.98. The highest BCUT2D eigenvalue weighted by atomic mass is 35.5. The molecule has 0 amide bonds. The van der Waals surface area contributed by atoms with Gasteiger partial charge in [0.05, 0.1) is 0 Å². The fourth-order valence-electron chi connectivity index (χ4n) is 2.15. The van der Waals surface area contributed by atoms with Crippen LogP contribution in [0.2, 0.25) is 0 Å². The summed E-state index contributed by atoms with van der Waals surface area (Å²) >= 11 is 5.57. The standard InChI is InChI=1S/C12H23ClN2/c1-2-8-14-11-12-6-3-4-9-15(12)10-5-7-13/h5,7,12,14H,2-4,6,8-11H2,1H3. The number of likely N-dealkylation sites (tertiary alicyclic amines) is 1. The van der Waals surface area contributed by atoms with Gasteiger partial charge in [-0.05, 0) is 32.4 Å². The summed E-state index contributed by atoms with van der Waals surface area (Å²) in [6.07, 6.45) is 7.29. The van der Waals surface area contributed by atoms with Crippen LogP contribution in [-0.2, 0) is 0 Å². The highest BCUT2D eigenvalue weighted by Gasteiger charge is 2.20. The van der Waals surface area contributed by atoms with Crippen molar-refractivity contribution in [2.75, 3.05) is 26.2 Å². The van der Waals surface area contributed by atoms with Crippen LogP contribution in [0.5, 0.6) is 0 Å². The van der Waals surface area contributed by atoms with E-state index in [2.05, 4.69) is 17.1 Å². The molecule has 15 heavy (non-hydrogen) atoms. The second-order valence-corrected chi connectivity index (χ2v) is 4.46. The topological polar surface area (TPSA) is 15.3 Å². The summed E-state index contributed by atoms with van der Waals surface area (Å²) in [5, 5.41) is 3.51. The van der Waals surface area contributed by atoms with Crippen LogP contribution in [0.1, 0.15) is 32.6 Å². The molecule has 0 aliphatic carbocycles. The van der Waals surface area contributed by atoms with Crippen molar-refractivity contribution < 1.29 is 0 Å². The number of nitrogens with one attached hydrogen (secondary N) is 1. The molecule has 0 aromatic carbocycles. The average Bonchev–Trinajstić information content (AvgIpc) is 2.28. The van der Waals surface area contributed by atoms with Crippen molar-refractivity contribution in [3.05, 3.63) is 11.6 Å². The molecule has 2 nitrogen and oxygen atoms in total. The largest absolute Gasteiger partial charge is 0.315 e. The summed E-state index contributed by atoms with van der Waals surface area (Å²) in [7, 11) is 0. The van der Waals surface area contributed by atoms with Gasteiger partial charge in [-0.2, -0.15) is 0 Å². The molecule has 0 aromatic heterocycles.